The van der Waals surface area contributed by atoms with Gasteiger partial charge in [0.1, 0.15) is 0 Å². The van der Waals surface area contributed by atoms with E-state index in [1.807, 2.05) is 0 Å². The number of hydrogen-bond acceptors (Lipinski definition) is 1. The van der Waals surface area contributed by atoms with Gasteiger partial charge in [-0.2, -0.15) is 0 Å². The number of fused-ring (bicyclic) bond motifs is 4. The van der Waals surface area contributed by atoms with E-state index in [9.17, 15) is 0 Å². The van der Waals surface area contributed by atoms with E-state index in [4.69, 9.17) is 0 Å². The predicted octanol–water partition coefficient (Wildman–Crippen LogP) is 16.1. The lowest BCUT2D eigenvalue weighted by Crippen LogP contribution is -2.11. The maximum absolute atomic E-state index is 2.42. The van der Waals surface area contributed by atoms with Gasteiger partial charge in [0.05, 0.1) is 16.7 Å². The van der Waals surface area contributed by atoms with Gasteiger partial charge in [0.15, 0.2) is 0 Å². The van der Waals surface area contributed by atoms with Crippen molar-refractivity contribution < 1.29 is 0 Å². The van der Waals surface area contributed by atoms with E-state index in [1.54, 1.807) is 0 Å². The molecule has 1 aromatic heterocycles. The Kier molecular flexibility index (Phi) is 8.87. The summed E-state index contributed by atoms with van der Waals surface area (Å²) in [6.07, 6.45) is 0. The SMILES string of the molecule is c1ccc(-c2ccc(-c3ccc(N(c4ccc(-n5c6ccccc6c6ccccc65)cc4)c4cccc5cccc(-c6ccc(-c7ccccc7)cc6)c45)cc3)cc2)cc1. The number of hydrogen-bond donors (Lipinski definition) is 0. The number of para-hydroxylation sites is 2. The molecule has 0 fully saturated rings. The summed E-state index contributed by atoms with van der Waals surface area (Å²) in [6.45, 7) is 0. The van der Waals surface area contributed by atoms with Crippen molar-refractivity contribution in [3.63, 3.8) is 0 Å². The molecule has 2 nitrogen and oxygen atoms in total. The van der Waals surface area contributed by atoms with Crippen LogP contribution in [0.3, 0.4) is 0 Å². The monoisotopic (exact) mass is 764 g/mol. The number of aromatic nitrogens is 1. The van der Waals surface area contributed by atoms with Gasteiger partial charge in [-0.3, -0.25) is 0 Å². The second-order valence-electron chi connectivity index (χ2n) is 15.3. The van der Waals surface area contributed by atoms with Crippen molar-refractivity contribution in [2.75, 3.05) is 4.90 Å². The van der Waals surface area contributed by atoms with Crippen LogP contribution < -0.4 is 4.90 Å². The molecule has 10 aromatic carbocycles. The van der Waals surface area contributed by atoms with Crippen molar-refractivity contribution in [1.82, 2.24) is 4.57 Å². The fraction of sp³-hybridized carbons (Fsp3) is 0. The highest BCUT2D eigenvalue weighted by Gasteiger charge is 2.19. The highest BCUT2D eigenvalue weighted by Crippen LogP contribution is 2.44. The van der Waals surface area contributed by atoms with Gasteiger partial charge in [-0.1, -0.05) is 188 Å². The summed E-state index contributed by atoms with van der Waals surface area (Å²) >= 11 is 0. The molecule has 0 aliphatic heterocycles. The van der Waals surface area contributed by atoms with Gasteiger partial charge in [0, 0.05) is 33.2 Å². The molecule has 0 N–H and O–H groups in total. The summed E-state index contributed by atoms with van der Waals surface area (Å²) < 4.78 is 2.38. The Bertz CT molecular complexity index is 3200. The third-order valence-electron chi connectivity index (χ3n) is 11.8. The number of rotatable bonds is 8. The maximum Gasteiger partial charge on any atom is 0.0546 e. The van der Waals surface area contributed by atoms with Crippen LogP contribution in [-0.4, -0.2) is 4.57 Å². The van der Waals surface area contributed by atoms with Crippen molar-refractivity contribution in [1.29, 1.82) is 0 Å². The van der Waals surface area contributed by atoms with Gasteiger partial charge in [-0.25, -0.2) is 0 Å². The molecule has 2 heteroatoms. The first kappa shape index (κ1) is 35.2. The zero-order valence-electron chi connectivity index (χ0n) is 33.0. The van der Waals surface area contributed by atoms with E-state index in [0.717, 1.165) is 22.7 Å². The summed E-state index contributed by atoms with van der Waals surface area (Å²) in [7, 11) is 0. The van der Waals surface area contributed by atoms with Gasteiger partial charge in [0.25, 0.3) is 0 Å². The number of nitrogens with zero attached hydrogens (tertiary/aromatic N) is 2. The van der Waals surface area contributed by atoms with Crippen LogP contribution in [0.25, 0.3) is 82.8 Å². The molecule has 60 heavy (non-hydrogen) atoms. The highest BCUT2D eigenvalue weighted by molar-refractivity contribution is 6.10. The van der Waals surface area contributed by atoms with Crippen LogP contribution in [0, 0.1) is 0 Å². The van der Waals surface area contributed by atoms with Gasteiger partial charge < -0.3 is 9.47 Å². The Labute approximate surface area is 350 Å². The van der Waals surface area contributed by atoms with Crippen LogP contribution in [-0.2, 0) is 0 Å². The summed E-state index contributed by atoms with van der Waals surface area (Å²) in [4.78, 5) is 2.42. The van der Waals surface area contributed by atoms with E-state index in [0.29, 0.717) is 0 Å². The molecule has 0 saturated heterocycles. The molecule has 11 aromatic rings. The van der Waals surface area contributed by atoms with Crippen molar-refractivity contribution in [3.05, 3.63) is 243 Å². The van der Waals surface area contributed by atoms with E-state index in [1.165, 1.54) is 77.1 Å². The third-order valence-corrected chi connectivity index (χ3v) is 11.8. The summed E-state index contributed by atoms with van der Waals surface area (Å²) in [5.74, 6) is 0. The second kappa shape index (κ2) is 15.1. The second-order valence-corrected chi connectivity index (χ2v) is 15.3. The molecule has 11 rings (SSSR count). The zero-order valence-corrected chi connectivity index (χ0v) is 33.0. The number of anilines is 3. The summed E-state index contributed by atoms with van der Waals surface area (Å²) in [5.41, 5.74) is 16.4. The smallest absolute Gasteiger partial charge is 0.0546 e. The highest BCUT2D eigenvalue weighted by atomic mass is 15.1. The standard InChI is InChI=1S/C58H40N2/c1-3-13-41(14-4-1)43-25-27-45(28-26-43)46-33-35-49(36-34-46)59(50-37-39-51(40-38-50)60-55-22-9-7-19-53(55)54-20-8-10-23-56(54)60)57-24-12-18-48-17-11-21-52(58(48)57)47-31-29-44(30-32-47)42-15-5-2-6-16-42/h1-40H. The molecular formula is C58H40N2. The van der Waals surface area contributed by atoms with E-state index >= 15 is 0 Å². The van der Waals surface area contributed by atoms with Gasteiger partial charge in [-0.15, -0.1) is 0 Å². The summed E-state index contributed by atoms with van der Waals surface area (Å²) in [5, 5.41) is 4.92. The lowest BCUT2D eigenvalue weighted by molar-refractivity contribution is 1.17. The average molecular weight is 765 g/mol. The molecule has 0 radical (unpaired) electrons. The first-order valence-corrected chi connectivity index (χ1v) is 20.6. The molecule has 0 atom stereocenters. The normalized spacial score (nSPS) is 11.3. The fourth-order valence-electron chi connectivity index (χ4n) is 8.89. The summed E-state index contributed by atoms with van der Waals surface area (Å²) in [6, 6.07) is 87.8. The minimum atomic E-state index is 1.08. The fourth-order valence-corrected chi connectivity index (χ4v) is 8.89. The Morgan fingerprint density at radius 3 is 1.20 bits per heavy atom. The van der Waals surface area contributed by atoms with Crippen LogP contribution >= 0.6 is 0 Å². The van der Waals surface area contributed by atoms with Gasteiger partial charge >= 0.3 is 0 Å². The van der Waals surface area contributed by atoms with Crippen molar-refractivity contribution in [3.8, 4) is 50.2 Å². The number of benzene rings is 10. The minimum absolute atomic E-state index is 1.08. The molecule has 1 heterocycles. The lowest BCUT2D eigenvalue weighted by Gasteiger charge is -2.28. The predicted molar refractivity (Wildman–Crippen MR) is 255 cm³/mol. The first-order valence-electron chi connectivity index (χ1n) is 20.6. The van der Waals surface area contributed by atoms with E-state index < -0.39 is 0 Å². The Hall–Kier alpha value is -7.94. The van der Waals surface area contributed by atoms with Crippen LogP contribution in [0.1, 0.15) is 0 Å². The molecule has 0 amide bonds. The largest absolute Gasteiger partial charge is 0.310 e. The zero-order chi connectivity index (χ0) is 39.8. The van der Waals surface area contributed by atoms with Crippen LogP contribution in [0.15, 0.2) is 243 Å². The van der Waals surface area contributed by atoms with Crippen molar-refractivity contribution >= 4 is 49.6 Å². The van der Waals surface area contributed by atoms with Crippen LogP contribution in [0.2, 0.25) is 0 Å². The lowest BCUT2D eigenvalue weighted by atomic mass is 9.94. The van der Waals surface area contributed by atoms with Gasteiger partial charge in [0.2, 0.25) is 0 Å². The van der Waals surface area contributed by atoms with E-state index in [2.05, 4.69) is 252 Å². The Balaban J connectivity index is 1.04. The first-order chi connectivity index (χ1) is 29.8. The van der Waals surface area contributed by atoms with Crippen molar-refractivity contribution in [2.24, 2.45) is 0 Å². The quantitative estimate of drug-likeness (QED) is 0.150. The topological polar surface area (TPSA) is 8.17 Å². The molecule has 0 spiro atoms. The Morgan fingerprint density at radius 2 is 0.683 bits per heavy atom. The molecular weight excluding hydrogens is 725 g/mol. The average Bonchev–Trinajstić information content (AvgIpc) is 3.67. The van der Waals surface area contributed by atoms with Crippen molar-refractivity contribution in [2.45, 2.75) is 0 Å². The maximum atomic E-state index is 2.42. The molecule has 0 aliphatic rings. The van der Waals surface area contributed by atoms with Gasteiger partial charge in [-0.05, 0) is 104 Å². The van der Waals surface area contributed by atoms with Crippen LogP contribution in [0.5, 0.6) is 0 Å². The molecule has 0 saturated carbocycles. The third kappa shape index (κ3) is 6.32. The molecule has 282 valence electrons. The molecule has 0 bridgehead atoms. The molecule has 0 aliphatic carbocycles. The molecule has 0 unspecified atom stereocenters. The minimum Gasteiger partial charge on any atom is -0.310 e. The Morgan fingerprint density at radius 1 is 0.283 bits per heavy atom. The van der Waals surface area contributed by atoms with E-state index in [-0.39, 0.29) is 0 Å². The van der Waals surface area contributed by atoms with Crippen LogP contribution in [0.4, 0.5) is 17.1 Å².